The van der Waals surface area contributed by atoms with Crippen LogP contribution in [0.3, 0.4) is 0 Å². The van der Waals surface area contributed by atoms with Crippen molar-refractivity contribution >= 4 is 27.3 Å². The van der Waals surface area contributed by atoms with Crippen LogP contribution in [0.15, 0.2) is 29.2 Å². The molecule has 0 unspecified atom stereocenters. The van der Waals surface area contributed by atoms with E-state index in [1.165, 1.54) is 31.2 Å². The molecule has 0 aliphatic heterocycles. The molecule has 3 N–H and O–H groups in total. The topological polar surface area (TPSA) is 104 Å². The summed E-state index contributed by atoms with van der Waals surface area (Å²) in [6, 6.07) is 5.92. The summed E-state index contributed by atoms with van der Waals surface area (Å²) in [4.78, 5) is 11.0. The van der Waals surface area contributed by atoms with Crippen LogP contribution in [0.2, 0.25) is 0 Å². The molecule has 0 radical (unpaired) electrons. The minimum Gasteiger partial charge on any atom is -0.326 e. The summed E-state index contributed by atoms with van der Waals surface area (Å²) in [7, 11) is -3.70. The van der Waals surface area contributed by atoms with Crippen LogP contribution in [0.25, 0.3) is 0 Å². The quantitative estimate of drug-likeness (QED) is 0.801. The third kappa shape index (κ3) is 3.40. The van der Waals surface area contributed by atoms with Gasteiger partial charge in [0.15, 0.2) is 0 Å². The van der Waals surface area contributed by atoms with Crippen molar-refractivity contribution in [2.45, 2.75) is 25.7 Å². The summed E-state index contributed by atoms with van der Waals surface area (Å²) >= 11 is 0. The van der Waals surface area contributed by atoms with Gasteiger partial charge in [0.2, 0.25) is 5.91 Å². The van der Waals surface area contributed by atoms with Gasteiger partial charge < -0.3 is 5.32 Å². The monoisotopic (exact) mass is 308 g/mol. The highest BCUT2D eigenvalue weighted by atomic mass is 32.2. The number of carbonyl (C=O) groups excluding carboxylic acids is 1. The van der Waals surface area contributed by atoms with E-state index in [2.05, 4.69) is 20.2 Å². The van der Waals surface area contributed by atoms with E-state index < -0.39 is 10.0 Å². The van der Waals surface area contributed by atoms with E-state index in [0.29, 0.717) is 22.8 Å². The van der Waals surface area contributed by atoms with Gasteiger partial charge in [0.05, 0.1) is 22.0 Å². The molecule has 2 aromatic rings. The molecule has 8 heteroatoms. The van der Waals surface area contributed by atoms with E-state index >= 15 is 0 Å². The number of aromatic amines is 1. The van der Waals surface area contributed by atoms with Gasteiger partial charge in [-0.1, -0.05) is 0 Å². The Balaban J connectivity index is 2.26. The highest BCUT2D eigenvalue weighted by molar-refractivity contribution is 7.92. The molecule has 7 nitrogen and oxygen atoms in total. The maximum absolute atomic E-state index is 12.3. The second-order valence-corrected chi connectivity index (χ2v) is 6.30. The third-order valence-electron chi connectivity index (χ3n) is 2.85. The maximum atomic E-state index is 12.3. The standard InChI is InChI=1S/C13H16N4O3S/c1-8-13(9(2)16-15-8)17-21(19,20)12-6-4-11(5-7-12)14-10(3)18/h4-7,17H,1-3H3,(H,14,18)(H,15,16). The van der Waals surface area contributed by atoms with Crippen molar-refractivity contribution in [3.05, 3.63) is 35.7 Å². The average Bonchev–Trinajstić information content (AvgIpc) is 2.70. The van der Waals surface area contributed by atoms with E-state index in [1.54, 1.807) is 13.8 Å². The van der Waals surface area contributed by atoms with Crippen LogP contribution >= 0.6 is 0 Å². The van der Waals surface area contributed by atoms with E-state index in [4.69, 9.17) is 0 Å². The van der Waals surface area contributed by atoms with Gasteiger partial charge in [0.1, 0.15) is 0 Å². The number of rotatable bonds is 4. The zero-order chi connectivity index (χ0) is 15.6. The number of aryl methyl sites for hydroxylation is 2. The largest absolute Gasteiger partial charge is 0.326 e. The van der Waals surface area contributed by atoms with Crippen molar-refractivity contribution in [1.82, 2.24) is 10.2 Å². The van der Waals surface area contributed by atoms with Gasteiger partial charge in [-0.05, 0) is 38.1 Å². The first kappa shape index (κ1) is 15.0. The van der Waals surface area contributed by atoms with Gasteiger partial charge >= 0.3 is 0 Å². The number of nitrogens with one attached hydrogen (secondary N) is 3. The predicted octanol–water partition coefficient (Wildman–Crippen LogP) is 1.79. The average molecular weight is 308 g/mol. The van der Waals surface area contributed by atoms with Gasteiger partial charge in [-0.3, -0.25) is 14.6 Å². The molecule has 0 saturated carbocycles. The molecule has 1 aromatic carbocycles. The lowest BCUT2D eigenvalue weighted by Crippen LogP contribution is -2.14. The van der Waals surface area contributed by atoms with E-state index in [0.717, 1.165) is 0 Å². The Labute approximate surface area is 122 Å². The van der Waals surface area contributed by atoms with Gasteiger partial charge in [0, 0.05) is 12.6 Å². The number of amides is 1. The normalized spacial score (nSPS) is 11.2. The molecule has 1 aromatic heterocycles. The number of nitrogens with zero attached hydrogens (tertiary/aromatic N) is 1. The third-order valence-corrected chi connectivity index (χ3v) is 4.22. The van der Waals surface area contributed by atoms with Crippen molar-refractivity contribution < 1.29 is 13.2 Å². The molecule has 2 rings (SSSR count). The van der Waals surface area contributed by atoms with Crippen LogP contribution < -0.4 is 10.0 Å². The van der Waals surface area contributed by atoms with Crippen molar-refractivity contribution in [1.29, 1.82) is 0 Å². The highest BCUT2D eigenvalue weighted by Gasteiger charge is 2.18. The first-order valence-electron chi connectivity index (χ1n) is 6.21. The second kappa shape index (κ2) is 5.57. The molecule has 1 heterocycles. The molecule has 21 heavy (non-hydrogen) atoms. The van der Waals surface area contributed by atoms with E-state index in [1.807, 2.05) is 0 Å². The summed E-state index contributed by atoms with van der Waals surface area (Å²) in [6.07, 6.45) is 0. The van der Waals surface area contributed by atoms with Gasteiger partial charge in [0.25, 0.3) is 10.0 Å². The zero-order valence-corrected chi connectivity index (χ0v) is 12.7. The lowest BCUT2D eigenvalue weighted by atomic mass is 10.3. The fourth-order valence-corrected chi connectivity index (χ4v) is 3.00. The highest BCUT2D eigenvalue weighted by Crippen LogP contribution is 2.22. The van der Waals surface area contributed by atoms with Crippen LogP contribution in [0.4, 0.5) is 11.4 Å². The predicted molar refractivity (Wildman–Crippen MR) is 79.6 cm³/mol. The summed E-state index contributed by atoms with van der Waals surface area (Å²) in [5, 5.41) is 9.24. The number of sulfonamides is 1. The number of benzene rings is 1. The minimum atomic E-state index is -3.70. The number of anilines is 2. The van der Waals surface area contributed by atoms with Gasteiger partial charge in [-0.2, -0.15) is 5.10 Å². The van der Waals surface area contributed by atoms with Crippen molar-refractivity contribution in [2.75, 3.05) is 10.0 Å². The number of H-pyrrole nitrogens is 1. The minimum absolute atomic E-state index is 0.108. The fourth-order valence-electron chi connectivity index (χ4n) is 1.82. The van der Waals surface area contributed by atoms with Crippen LogP contribution in [-0.4, -0.2) is 24.5 Å². The van der Waals surface area contributed by atoms with Crippen LogP contribution in [0.5, 0.6) is 0 Å². The number of hydrogen-bond donors (Lipinski definition) is 3. The smallest absolute Gasteiger partial charge is 0.262 e. The lowest BCUT2D eigenvalue weighted by Gasteiger charge is -2.09. The van der Waals surface area contributed by atoms with Gasteiger partial charge in [-0.15, -0.1) is 0 Å². The number of hydrogen-bond acceptors (Lipinski definition) is 4. The summed E-state index contributed by atoms with van der Waals surface area (Å²) in [5.41, 5.74) is 2.20. The maximum Gasteiger partial charge on any atom is 0.262 e. The summed E-state index contributed by atoms with van der Waals surface area (Å²) in [6.45, 7) is 4.83. The zero-order valence-electron chi connectivity index (χ0n) is 11.9. The van der Waals surface area contributed by atoms with Crippen LogP contribution in [0.1, 0.15) is 18.3 Å². The molecule has 0 spiro atoms. The van der Waals surface area contributed by atoms with E-state index in [-0.39, 0.29) is 10.8 Å². The lowest BCUT2D eigenvalue weighted by molar-refractivity contribution is -0.114. The Kier molecular flexibility index (Phi) is 3.99. The molecule has 1 amide bonds. The Hall–Kier alpha value is -2.35. The number of aromatic nitrogens is 2. The summed E-state index contributed by atoms with van der Waals surface area (Å²) in [5.74, 6) is -0.214. The molecule has 112 valence electrons. The van der Waals surface area contributed by atoms with Crippen molar-refractivity contribution in [3.63, 3.8) is 0 Å². The van der Waals surface area contributed by atoms with E-state index in [9.17, 15) is 13.2 Å². The molecular weight excluding hydrogens is 292 g/mol. The van der Waals surface area contributed by atoms with Crippen LogP contribution in [0, 0.1) is 13.8 Å². The SMILES string of the molecule is CC(=O)Nc1ccc(S(=O)(=O)Nc2c(C)n[nH]c2C)cc1. The Morgan fingerprint density at radius 3 is 2.29 bits per heavy atom. The van der Waals surface area contributed by atoms with Crippen LogP contribution in [-0.2, 0) is 14.8 Å². The Morgan fingerprint density at radius 2 is 1.81 bits per heavy atom. The Morgan fingerprint density at radius 1 is 1.19 bits per heavy atom. The second-order valence-electron chi connectivity index (χ2n) is 4.62. The molecule has 0 atom stereocenters. The molecule has 0 bridgehead atoms. The number of carbonyl (C=O) groups is 1. The molecule has 0 saturated heterocycles. The molecular formula is C13H16N4O3S. The van der Waals surface area contributed by atoms with Gasteiger partial charge in [-0.25, -0.2) is 8.42 Å². The molecule has 0 aliphatic carbocycles. The van der Waals surface area contributed by atoms with Crippen molar-refractivity contribution in [2.24, 2.45) is 0 Å². The molecule has 0 aliphatic rings. The van der Waals surface area contributed by atoms with Crippen molar-refractivity contribution in [3.8, 4) is 0 Å². The first-order chi connectivity index (χ1) is 9.79. The summed E-state index contributed by atoms with van der Waals surface area (Å²) < 4.78 is 27.1. The Bertz CT molecular complexity index is 744. The fraction of sp³-hybridized carbons (Fsp3) is 0.231. The first-order valence-corrected chi connectivity index (χ1v) is 7.70. The molecule has 0 fully saturated rings.